The molecule has 3 aliphatic heterocycles. The van der Waals surface area contributed by atoms with Crippen LogP contribution < -0.4 is 65.6 Å². The van der Waals surface area contributed by atoms with Gasteiger partial charge in [-0.05, 0) is 221 Å². The second kappa shape index (κ2) is 35.0. The Labute approximate surface area is 842 Å². The van der Waals surface area contributed by atoms with Gasteiger partial charge in [-0.2, -0.15) is 4.98 Å². The van der Waals surface area contributed by atoms with Crippen LogP contribution in [0.4, 0.5) is 0 Å². The summed E-state index contributed by atoms with van der Waals surface area (Å²) in [6.07, 6.45) is 0. The van der Waals surface area contributed by atoms with E-state index >= 15 is 0 Å². The van der Waals surface area contributed by atoms with Crippen molar-refractivity contribution in [3.63, 3.8) is 0 Å². The van der Waals surface area contributed by atoms with Crippen molar-refractivity contribution >= 4 is 111 Å². The lowest BCUT2D eigenvalue weighted by Gasteiger charge is -2.41. The number of ether oxygens (including phenoxy) is 4. The van der Waals surface area contributed by atoms with Crippen LogP contribution in [-0.4, -0.2) is 33.6 Å². The Kier molecular flexibility index (Phi) is 23.7. The van der Waals surface area contributed by atoms with Gasteiger partial charge in [0.1, 0.15) is 22.4 Å². The van der Waals surface area contributed by atoms with Gasteiger partial charge in [-0.1, -0.05) is 449 Å². The normalized spacial score (nSPS) is 15.6. The van der Waals surface area contributed by atoms with Crippen molar-refractivity contribution in [1.82, 2.24) is 9.38 Å². The maximum Gasteiger partial charge on any atom is 0.307 e. The van der Waals surface area contributed by atoms with E-state index in [9.17, 15) is 0 Å². The molecule has 0 bridgehead atoms. The molecule has 21 rings (SSSR count). The van der Waals surface area contributed by atoms with Gasteiger partial charge in [0.05, 0.1) is 24.6 Å². The first-order valence-electron chi connectivity index (χ1n) is 50.2. The zero-order chi connectivity index (χ0) is 99.3. The Morgan fingerprint density at radius 2 is 0.596 bits per heavy atom. The second-order valence-corrected chi connectivity index (χ2v) is 60.0. The minimum Gasteiger partial charge on any atom is -0.479 e. The highest BCUT2D eigenvalue weighted by Crippen LogP contribution is 2.55. The molecule has 0 amide bonds. The summed E-state index contributed by atoms with van der Waals surface area (Å²) in [6.45, 7) is 55.5. The van der Waals surface area contributed by atoms with Crippen molar-refractivity contribution in [2.45, 2.75) is 224 Å². The lowest BCUT2D eigenvalue weighted by molar-refractivity contribution is 0.0516. The summed E-state index contributed by atoms with van der Waals surface area (Å²) in [5.74, 6) is 3.56. The third-order valence-corrected chi connectivity index (χ3v) is 46.9. The van der Waals surface area contributed by atoms with Crippen LogP contribution in [0.2, 0.25) is 13.1 Å². The summed E-state index contributed by atoms with van der Waals surface area (Å²) in [7, 11) is -8.36. The van der Waals surface area contributed by atoms with Gasteiger partial charge in [-0.3, -0.25) is 4.40 Å². The van der Waals surface area contributed by atoms with E-state index in [1.165, 1.54) is 95.8 Å². The molecule has 5 heterocycles. The quantitative estimate of drug-likeness (QED) is 0.0892. The summed E-state index contributed by atoms with van der Waals surface area (Å²) >= 11 is 1.99. The van der Waals surface area contributed by atoms with Crippen LogP contribution >= 0.6 is 11.8 Å². The van der Waals surface area contributed by atoms with E-state index in [4.69, 9.17) is 28.3 Å². The maximum absolute atomic E-state index is 7.36. The number of hydrogen-bond donors (Lipinski definition) is 0. The molecule has 0 spiro atoms. The predicted octanol–water partition coefficient (Wildman–Crippen LogP) is 28.3. The summed E-state index contributed by atoms with van der Waals surface area (Å²) in [5, 5.41) is 12.0. The van der Waals surface area contributed by atoms with Crippen molar-refractivity contribution in [1.29, 1.82) is 0 Å². The lowest BCUT2D eigenvalue weighted by atomic mass is 9.81. The number of rotatable bonds is 12. The summed E-state index contributed by atoms with van der Waals surface area (Å²) in [5.41, 5.74) is 20.7. The van der Waals surface area contributed by atoms with Gasteiger partial charge in [-0.15, -0.1) is 0 Å². The Hall–Kier alpha value is -13.0. The molecule has 0 N–H and O–H groups in total. The Morgan fingerprint density at radius 3 is 1.00 bits per heavy atom. The molecular weight excluding hydrogens is 1790 g/mol. The molecule has 18 aromatic rings. The average molecular weight is 1920 g/mol. The molecule has 2 aromatic heterocycles. The third-order valence-electron chi connectivity index (χ3n) is 30.9. The van der Waals surface area contributed by atoms with Crippen molar-refractivity contribution in [2.24, 2.45) is 0 Å². The fourth-order valence-electron chi connectivity index (χ4n) is 23.2. The van der Waals surface area contributed by atoms with Gasteiger partial charge < -0.3 is 23.4 Å². The molecular formula is C130H132N2O5SSi3. The van der Waals surface area contributed by atoms with E-state index in [2.05, 4.69) is 528 Å². The van der Waals surface area contributed by atoms with Crippen molar-refractivity contribution in [2.75, 3.05) is 0 Å². The number of fused-ring (bicyclic) bond motifs is 11. The molecule has 0 unspecified atom stereocenters. The summed E-state index contributed by atoms with van der Waals surface area (Å²) < 4.78 is 37.9. The Bertz CT molecular complexity index is 7600. The fourth-order valence-corrected chi connectivity index (χ4v) is 37.8. The van der Waals surface area contributed by atoms with Crippen LogP contribution in [0, 0.1) is 0 Å². The second-order valence-electron chi connectivity index (χ2n) is 46.3. The molecule has 141 heavy (non-hydrogen) atoms. The van der Waals surface area contributed by atoms with Crippen LogP contribution in [0.25, 0.3) is 72.5 Å². The number of aromatic nitrogens is 2. The van der Waals surface area contributed by atoms with E-state index in [-0.39, 0.29) is 26.7 Å². The molecule has 0 saturated heterocycles. The molecule has 7 nitrogen and oxygen atoms in total. The molecule has 0 aliphatic carbocycles. The van der Waals surface area contributed by atoms with Crippen LogP contribution in [-0.2, 0) is 49.1 Å². The Balaban J connectivity index is 0.000000173. The number of para-hydroxylation sites is 5. The Morgan fingerprint density at radius 1 is 0.284 bits per heavy atom. The minimum absolute atomic E-state index is 0.0117. The molecule has 16 aromatic carbocycles. The van der Waals surface area contributed by atoms with Gasteiger partial charge in [0.25, 0.3) is 0 Å². The summed E-state index contributed by atoms with van der Waals surface area (Å²) in [4.78, 5) is 7.74. The van der Waals surface area contributed by atoms with Crippen molar-refractivity contribution < 1.29 is 23.4 Å². The number of imidazole rings is 1. The highest BCUT2D eigenvalue weighted by Gasteiger charge is 2.51. The van der Waals surface area contributed by atoms with E-state index in [1.807, 2.05) is 17.8 Å². The highest BCUT2D eigenvalue weighted by molar-refractivity contribution is 7.99. The zero-order valence-corrected chi connectivity index (χ0v) is 90.3. The van der Waals surface area contributed by atoms with E-state index in [0.29, 0.717) is 5.84 Å². The van der Waals surface area contributed by atoms with Gasteiger partial charge in [0.15, 0.2) is 44.7 Å². The third kappa shape index (κ3) is 16.4. The van der Waals surface area contributed by atoms with Gasteiger partial charge in [-0.25, -0.2) is 0 Å². The number of nitrogens with zero attached hydrogens (tertiary/aromatic N) is 2. The average Bonchev–Trinajstić information content (AvgIpc) is 1.05. The molecule has 3 aliphatic rings. The maximum atomic E-state index is 7.36. The molecule has 0 atom stereocenters. The molecule has 11 heteroatoms. The fraction of sp³-hybridized carbons (Fsp3) is 0.254. The number of benzene rings is 16. The van der Waals surface area contributed by atoms with E-state index in [0.717, 1.165) is 95.2 Å². The van der Waals surface area contributed by atoms with Gasteiger partial charge in [0, 0.05) is 48.7 Å². The topological polar surface area (TPSA) is 67.4 Å². The van der Waals surface area contributed by atoms with Crippen LogP contribution in [0.15, 0.2) is 378 Å². The summed E-state index contributed by atoms with van der Waals surface area (Å²) in [6, 6.07) is 136. The lowest BCUT2D eigenvalue weighted by Crippen LogP contribution is -2.74. The first-order valence-corrected chi connectivity index (χ1v) is 58.0. The van der Waals surface area contributed by atoms with Crippen LogP contribution in [0.1, 0.15) is 202 Å². The van der Waals surface area contributed by atoms with Crippen molar-refractivity contribution in [3.8, 4) is 67.5 Å². The zero-order valence-electron chi connectivity index (χ0n) is 86.5. The molecule has 0 saturated carbocycles. The molecule has 0 fully saturated rings. The minimum atomic E-state index is -3.24. The SMILES string of the molecule is CC(C)(C)c1ccc([Si](c2ccccc2)(c2ccccc2)c2ccc(C(C)(C)C)c(-c3cccc4c3OC(C)(C)c3ccccc3C(C)(C)O4)c2)cc1-c1cccc2c1OC(C)(C)c1ccccc1C(C)(C)O2.CC(C)(C)c1ccc([Si](c2ccccc2)(c2ccccc2)c2ccc(C(C)(C)C)c(-c3cccc4c3oc3nc5ccccc5n34)c2)cc1-c1cccc2c1Sc1ccccc1[Si](C)(C)C2(C)C. The smallest absolute Gasteiger partial charge is 0.307 e. The molecule has 0 radical (unpaired) electrons. The largest absolute Gasteiger partial charge is 0.479 e. The first-order chi connectivity index (χ1) is 66.9. The van der Waals surface area contributed by atoms with E-state index in [1.54, 1.807) is 5.19 Å². The predicted molar refractivity (Wildman–Crippen MR) is 601 cm³/mol. The van der Waals surface area contributed by atoms with Gasteiger partial charge in [0.2, 0.25) is 0 Å². The number of hydrogen-bond acceptors (Lipinski definition) is 7. The van der Waals surface area contributed by atoms with Gasteiger partial charge >= 0.3 is 5.84 Å². The highest BCUT2D eigenvalue weighted by atomic mass is 32.2. The molecule has 710 valence electrons. The monoisotopic (exact) mass is 1920 g/mol. The number of oxazole rings is 1. The standard InChI is InChI=1S/C68H72O4Si.C62H60N2OSSi2/c1-63(2,3)53-41-39-47(43-51(53)49-31-25-37-59-61(49)71-67(11,12)57-35-23-21-33-55(57)65(7,8)69-59)73(45-27-17-15-18-28-45,46-29-19-16-20-30-46)48-40-42-54(64(4,5)6)52(44-48)50-32-26-38-60-62(50)72-68(13,14)58-36-24-22-34-56(58)66(9,10)70-60;1-60(2,3)49-37-35-43(39-47(49)45-27-22-32-54-57(45)65-59-63-52-30-17-18-31-53(52)64(54)59)68(41-23-13-11-14-24-41,42-25-15-12-16-26-42)44-36-38-50(61(4,5)6)48(40-44)46-28-21-29-51-58(46)66-55-33-19-20-34-56(55)67(9,10)62(51,7)8/h15-44H,1-14H3;11-40H,1-10H3. The van der Waals surface area contributed by atoms with E-state index < -0.39 is 46.6 Å². The van der Waals surface area contributed by atoms with Crippen LogP contribution in [0.5, 0.6) is 23.0 Å². The first kappa shape index (κ1) is 95.5. The van der Waals surface area contributed by atoms with Crippen molar-refractivity contribution in [3.05, 3.63) is 414 Å². The van der Waals surface area contributed by atoms with Crippen LogP contribution in [0.3, 0.4) is 0 Å².